The van der Waals surface area contributed by atoms with Gasteiger partial charge in [0.25, 0.3) is 0 Å². The number of carbonyl (C=O) groups excluding carboxylic acids is 1. The Morgan fingerprint density at radius 3 is 2.20 bits per heavy atom. The fraction of sp³-hybridized carbons (Fsp3) is 0.533. The van der Waals surface area contributed by atoms with Crippen LogP contribution in [0.15, 0.2) is 30.3 Å². The first-order valence-corrected chi connectivity index (χ1v) is 7.66. The highest BCUT2D eigenvalue weighted by Crippen LogP contribution is 2.27. The van der Waals surface area contributed by atoms with E-state index in [2.05, 4.69) is 4.72 Å². The third-order valence-corrected chi connectivity index (χ3v) is 4.76. The van der Waals surface area contributed by atoms with E-state index in [1.54, 1.807) is 0 Å². The van der Waals surface area contributed by atoms with Crippen molar-refractivity contribution in [3.63, 3.8) is 0 Å². The molecular formula is C15H23NO3S. The molecule has 112 valence electrons. The average Bonchev–Trinajstić information content (AvgIpc) is 2.38. The lowest BCUT2D eigenvalue weighted by Gasteiger charge is -2.33. The van der Waals surface area contributed by atoms with Crippen LogP contribution in [0.2, 0.25) is 0 Å². The van der Waals surface area contributed by atoms with E-state index in [1.165, 1.54) is 7.11 Å². The van der Waals surface area contributed by atoms with Crippen molar-refractivity contribution >= 4 is 17.0 Å². The number of ether oxygens (including phenoxy) is 1. The van der Waals surface area contributed by atoms with E-state index in [0.29, 0.717) is 0 Å². The van der Waals surface area contributed by atoms with Crippen LogP contribution in [0.4, 0.5) is 0 Å². The van der Waals surface area contributed by atoms with Crippen LogP contribution in [-0.2, 0) is 26.1 Å². The molecule has 0 radical (unpaired) electrons. The van der Waals surface area contributed by atoms with Gasteiger partial charge < -0.3 is 4.74 Å². The van der Waals surface area contributed by atoms with Gasteiger partial charge >= 0.3 is 5.97 Å². The van der Waals surface area contributed by atoms with E-state index in [4.69, 9.17) is 4.74 Å². The van der Waals surface area contributed by atoms with E-state index in [1.807, 2.05) is 58.0 Å². The molecule has 0 aromatic heterocycles. The van der Waals surface area contributed by atoms with Gasteiger partial charge in [-0.1, -0.05) is 30.3 Å². The number of hydrogen-bond acceptors (Lipinski definition) is 3. The van der Waals surface area contributed by atoms with Gasteiger partial charge in [-0.05, 0) is 33.3 Å². The van der Waals surface area contributed by atoms with Crippen LogP contribution in [0.25, 0.3) is 0 Å². The number of nitrogens with one attached hydrogen (secondary N) is 1. The Bertz CT molecular complexity index is 482. The second kappa shape index (κ2) is 6.50. The smallest absolute Gasteiger partial charge is 0.307 e. The molecule has 1 aromatic rings. The molecule has 0 fully saturated rings. The number of esters is 1. The quantitative estimate of drug-likeness (QED) is 0.850. The lowest BCUT2D eigenvalue weighted by Crippen LogP contribution is -2.47. The summed E-state index contributed by atoms with van der Waals surface area (Å²) in [5.74, 6) is -0.338. The number of methoxy groups -OCH3 is 1. The second-order valence-corrected chi connectivity index (χ2v) is 7.90. The molecule has 0 aliphatic carbocycles. The first kappa shape index (κ1) is 16.9. The largest absolute Gasteiger partial charge is 0.469 e. The van der Waals surface area contributed by atoms with Gasteiger partial charge in [-0.15, -0.1) is 0 Å². The summed E-state index contributed by atoms with van der Waals surface area (Å²) in [6.45, 7) is 7.53. The van der Waals surface area contributed by atoms with E-state index in [-0.39, 0.29) is 12.4 Å². The standard InChI is InChI=1S/C15H23NO3S/c1-14(2,3)20(18)16-15(4,11-13(17)19-5)12-9-7-6-8-10-12/h6-10,16H,11H2,1-5H3/t15-,20+/m0/s1. The zero-order valence-electron chi connectivity index (χ0n) is 12.7. The molecular weight excluding hydrogens is 274 g/mol. The third-order valence-electron chi connectivity index (χ3n) is 3.01. The Labute approximate surface area is 123 Å². The third kappa shape index (κ3) is 4.42. The van der Waals surface area contributed by atoms with Crippen molar-refractivity contribution in [3.05, 3.63) is 35.9 Å². The van der Waals surface area contributed by atoms with E-state index >= 15 is 0 Å². The molecule has 5 heteroatoms. The van der Waals surface area contributed by atoms with Crippen molar-refractivity contribution in [1.29, 1.82) is 0 Å². The van der Waals surface area contributed by atoms with Crippen LogP contribution in [0.3, 0.4) is 0 Å². The van der Waals surface area contributed by atoms with Gasteiger partial charge in [0.2, 0.25) is 0 Å². The summed E-state index contributed by atoms with van der Waals surface area (Å²) >= 11 is 0. The lowest BCUT2D eigenvalue weighted by atomic mass is 9.90. The molecule has 0 aliphatic heterocycles. The normalized spacial score (nSPS) is 16.2. The highest BCUT2D eigenvalue weighted by Gasteiger charge is 2.34. The fourth-order valence-electron chi connectivity index (χ4n) is 1.72. The molecule has 0 aliphatic rings. The van der Waals surface area contributed by atoms with Gasteiger partial charge in [0, 0.05) is 0 Å². The first-order chi connectivity index (χ1) is 9.19. The lowest BCUT2D eigenvalue weighted by molar-refractivity contribution is -0.142. The molecule has 0 spiro atoms. The minimum Gasteiger partial charge on any atom is -0.469 e. The molecule has 4 nitrogen and oxygen atoms in total. The Hall–Kier alpha value is -1.20. The molecule has 0 heterocycles. The maximum Gasteiger partial charge on any atom is 0.307 e. The van der Waals surface area contributed by atoms with Crippen LogP contribution in [0, 0.1) is 0 Å². The van der Waals surface area contributed by atoms with Crippen molar-refractivity contribution in [2.24, 2.45) is 0 Å². The number of carbonyl (C=O) groups is 1. The molecule has 0 saturated heterocycles. The molecule has 0 saturated carbocycles. The number of benzene rings is 1. The fourth-order valence-corrected chi connectivity index (χ4v) is 2.63. The van der Waals surface area contributed by atoms with E-state index in [9.17, 15) is 9.00 Å². The number of rotatable bonds is 5. The minimum absolute atomic E-state index is 0.120. The molecule has 1 rings (SSSR count). The molecule has 0 amide bonds. The predicted octanol–water partition coefficient (Wildman–Crippen LogP) is 2.52. The van der Waals surface area contributed by atoms with Gasteiger partial charge in [-0.2, -0.15) is 0 Å². The Balaban J connectivity index is 3.08. The maximum absolute atomic E-state index is 12.4. The van der Waals surface area contributed by atoms with Crippen LogP contribution < -0.4 is 4.72 Å². The highest BCUT2D eigenvalue weighted by atomic mass is 32.2. The Kier molecular flexibility index (Phi) is 5.48. The van der Waals surface area contributed by atoms with Gasteiger partial charge in [0.15, 0.2) is 0 Å². The van der Waals surface area contributed by atoms with Crippen LogP contribution >= 0.6 is 0 Å². The Morgan fingerprint density at radius 1 is 1.20 bits per heavy atom. The molecule has 20 heavy (non-hydrogen) atoms. The van der Waals surface area contributed by atoms with Gasteiger partial charge in [-0.25, -0.2) is 8.93 Å². The molecule has 1 N–H and O–H groups in total. The van der Waals surface area contributed by atoms with Gasteiger partial charge in [-0.3, -0.25) is 4.79 Å². The minimum atomic E-state index is -1.28. The summed E-state index contributed by atoms with van der Waals surface area (Å²) in [5, 5.41) is 0. The predicted molar refractivity (Wildman–Crippen MR) is 81.5 cm³/mol. The summed E-state index contributed by atoms with van der Waals surface area (Å²) in [6, 6.07) is 9.52. The topological polar surface area (TPSA) is 55.4 Å². The summed E-state index contributed by atoms with van der Waals surface area (Å²) in [6.07, 6.45) is 0.120. The van der Waals surface area contributed by atoms with Gasteiger partial charge in [0.1, 0.15) is 0 Å². The number of hydrogen-bond donors (Lipinski definition) is 1. The Morgan fingerprint density at radius 2 is 1.75 bits per heavy atom. The zero-order chi connectivity index (χ0) is 15.4. The van der Waals surface area contributed by atoms with Crippen molar-refractivity contribution in [2.75, 3.05) is 7.11 Å². The van der Waals surface area contributed by atoms with Crippen molar-refractivity contribution in [2.45, 2.75) is 44.4 Å². The first-order valence-electron chi connectivity index (χ1n) is 6.51. The van der Waals surface area contributed by atoms with Crippen molar-refractivity contribution < 1.29 is 13.7 Å². The van der Waals surface area contributed by atoms with Crippen LogP contribution in [-0.4, -0.2) is 22.0 Å². The summed E-state index contributed by atoms with van der Waals surface area (Å²) in [5.41, 5.74) is 0.176. The van der Waals surface area contributed by atoms with Crippen LogP contribution in [0.1, 0.15) is 39.7 Å². The highest BCUT2D eigenvalue weighted by molar-refractivity contribution is 7.84. The maximum atomic E-state index is 12.4. The van der Waals surface area contributed by atoms with Crippen LogP contribution in [0.5, 0.6) is 0 Å². The molecule has 1 aromatic carbocycles. The zero-order valence-corrected chi connectivity index (χ0v) is 13.5. The molecule has 2 atom stereocenters. The van der Waals surface area contributed by atoms with Crippen molar-refractivity contribution in [1.82, 2.24) is 4.72 Å². The van der Waals surface area contributed by atoms with Crippen molar-refractivity contribution in [3.8, 4) is 0 Å². The molecule has 0 unspecified atom stereocenters. The van der Waals surface area contributed by atoms with E-state index < -0.39 is 21.3 Å². The summed E-state index contributed by atoms with van der Waals surface area (Å²) < 4.78 is 19.8. The SMILES string of the molecule is COC(=O)C[C@](C)(N[S@](=O)C(C)(C)C)c1ccccc1. The summed E-state index contributed by atoms with van der Waals surface area (Å²) in [7, 11) is 0.0722. The summed E-state index contributed by atoms with van der Waals surface area (Å²) in [4.78, 5) is 11.7. The van der Waals surface area contributed by atoms with Gasteiger partial charge in [0.05, 0.1) is 34.8 Å². The monoisotopic (exact) mass is 297 g/mol. The van der Waals surface area contributed by atoms with E-state index in [0.717, 1.165) is 5.56 Å². The molecule has 0 bridgehead atoms. The average molecular weight is 297 g/mol. The second-order valence-electron chi connectivity index (χ2n) is 5.93.